The summed E-state index contributed by atoms with van der Waals surface area (Å²) in [5.41, 5.74) is 8.11. The number of halogens is 1. The Hall–Kier alpha value is -4.43. The van der Waals surface area contributed by atoms with Gasteiger partial charge in [-0.3, -0.25) is 15.1 Å². The molecule has 0 saturated heterocycles. The van der Waals surface area contributed by atoms with Crippen LogP contribution in [-0.4, -0.2) is 36.7 Å². The number of hydrogen-bond acceptors (Lipinski definition) is 5. The maximum absolute atomic E-state index is 13.5. The molecule has 1 aromatic carbocycles. The van der Waals surface area contributed by atoms with Crippen molar-refractivity contribution < 1.29 is 4.39 Å². The molecule has 0 radical (unpaired) electrons. The van der Waals surface area contributed by atoms with Crippen molar-refractivity contribution in [2.45, 2.75) is 32.2 Å². The van der Waals surface area contributed by atoms with Gasteiger partial charge in [0.25, 0.3) is 0 Å². The summed E-state index contributed by atoms with van der Waals surface area (Å²) < 4.78 is 13.5. The van der Waals surface area contributed by atoms with Gasteiger partial charge in [0, 0.05) is 41.5 Å². The van der Waals surface area contributed by atoms with E-state index in [-0.39, 0.29) is 5.82 Å². The second-order valence-corrected chi connectivity index (χ2v) is 10.4. The SMILES string of the molecule is Fc1ccc(-c2ccnc3[nH]c(-c4n[nH]c5cnc(-c6cncc(CNCC7CCCC7)c6)cc45)cc23)cc1. The molecule has 7 rings (SSSR count). The molecule has 1 aliphatic carbocycles. The third-order valence-electron chi connectivity index (χ3n) is 7.72. The van der Waals surface area contributed by atoms with Gasteiger partial charge in [-0.05, 0) is 78.4 Å². The van der Waals surface area contributed by atoms with Crippen LogP contribution in [0.5, 0.6) is 0 Å². The van der Waals surface area contributed by atoms with Crippen LogP contribution < -0.4 is 5.32 Å². The molecule has 0 atom stereocenters. The summed E-state index contributed by atoms with van der Waals surface area (Å²) in [7, 11) is 0. The standard InChI is InChI=1S/C31H28FN7/c32-23-7-5-21(6-8-23)24-9-10-35-31-25(24)12-28(37-31)30-26-13-27(36-18-29(26)38-39-30)22-11-20(16-34-17-22)15-33-14-19-3-1-2-4-19/h5-13,16-19,33H,1-4,14-15H2,(H,35,37)(H,38,39). The molecule has 7 nitrogen and oxygen atoms in total. The van der Waals surface area contributed by atoms with Crippen molar-refractivity contribution >= 4 is 21.9 Å². The minimum absolute atomic E-state index is 0.257. The highest BCUT2D eigenvalue weighted by Gasteiger charge is 2.16. The maximum Gasteiger partial charge on any atom is 0.138 e. The van der Waals surface area contributed by atoms with Crippen molar-refractivity contribution in [1.82, 2.24) is 35.5 Å². The minimum Gasteiger partial charge on any atom is -0.338 e. The Balaban J connectivity index is 1.20. The molecular weight excluding hydrogens is 489 g/mol. The highest BCUT2D eigenvalue weighted by Crippen LogP contribution is 2.34. The topological polar surface area (TPSA) is 95.2 Å². The van der Waals surface area contributed by atoms with Crippen LogP contribution in [0.4, 0.5) is 4.39 Å². The second-order valence-electron chi connectivity index (χ2n) is 10.4. The number of H-pyrrole nitrogens is 2. The van der Waals surface area contributed by atoms with E-state index >= 15 is 0 Å². The van der Waals surface area contributed by atoms with Crippen LogP contribution in [0, 0.1) is 11.7 Å². The molecular formula is C31H28FN7. The lowest BCUT2D eigenvalue weighted by atomic mass is 10.0. The smallest absolute Gasteiger partial charge is 0.138 e. The molecule has 8 heteroatoms. The Morgan fingerprint density at radius 1 is 0.897 bits per heavy atom. The number of aromatic amines is 2. The molecule has 1 saturated carbocycles. The molecule has 3 N–H and O–H groups in total. The average Bonchev–Trinajstić information content (AvgIpc) is 3.73. The molecule has 5 aromatic heterocycles. The monoisotopic (exact) mass is 517 g/mol. The van der Waals surface area contributed by atoms with Crippen molar-refractivity contribution in [3.05, 3.63) is 84.7 Å². The lowest BCUT2D eigenvalue weighted by Gasteiger charge is -2.11. The normalized spacial score (nSPS) is 14.1. The van der Waals surface area contributed by atoms with Gasteiger partial charge in [0.05, 0.1) is 23.1 Å². The van der Waals surface area contributed by atoms with E-state index in [1.807, 2.05) is 24.7 Å². The molecule has 6 aromatic rings. The molecule has 1 fully saturated rings. The number of benzene rings is 1. The first-order valence-electron chi connectivity index (χ1n) is 13.4. The Morgan fingerprint density at radius 3 is 2.64 bits per heavy atom. The second kappa shape index (κ2) is 10.0. The molecule has 39 heavy (non-hydrogen) atoms. The first kappa shape index (κ1) is 23.7. The lowest BCUT2D eigenvalue weighted by molar-refractivity contribution is 0.489. The van der Waals surface area contributed by atoms with E-state index in [4.69, 9.17) is 0 Å². The van der Waals surface area contributed by atoms with Crippen LogP contribution in [0.3, 0.4) is 0 Å². The van der Waals surface area contributed by atoms with Crippen LogP contribution >= 0.6 is 0 Å². The number of nitrogens with zero attached hydrogens (tertiary/aromatic N) is 4. The highest BCUT2D eigenvalue weighted by atomic mass is 19.1. The Bertz CT molecular complexity index is 1760. The van der Waals surface area contributed by atoms with E-state index in [9.17, 15) is 4.39 Å². The summed E-state index contributed by atoms with van der Waals surface area (Å²) in [6.45, 7) is 1.87. The fraction of sp³-hybridized carbons (Fsp3) is 0.226. The van der Waals surface area contributed by atoms with E-state index in [1.165, 1.54) is 37.8 Å². The fourth-order valence-corrected chi connectivity index (χ4v) is 5.68. The Labute approximate surface area is 224 Å². The summed E-state index contributed by atoms with van der Waals surface area (Å²) in [4.78, 5) is 17.1. The van der Waals surface area contributed by atoms with Gasteiger partial charge >= 0.3 is 0 Å². The molecule has 1 aliphatic rings. The zero-order chi connectivity index (χ0) is 26.2. The number of pyridine rings is 3. The molecule has 0 bridgehead atoms. The number of rotatable bonds is 7. The predicted molar refractivity (Wildman–Crippen MR) is 151 cm³/mol. The van der Waals surface area contributed by atoms with E-state index < -0.39 is 0 Å². The van der Waals surface area contributed by atoms with Gasteiger partial charge in [0.15, 0.2) is 0 Å². The highest BCUT2D eigenvalue weighted by molar-refractivity contribution is 6.00. The van der Waals surface area contributed by atoms with Gasteiger partial charge in [0.2, 0.25) is 0 Å². The predicted octanol–water partition coefficient (Wildman–Crippen LogP) is 6.65. The van der Waals surface area contributed by atoms with Crippen molar-refractivity contribution in [3.63, 3.8) is 0 Å². The molecule has 0 amide bonds. The van der Waals surface area contributed by atoms with Crippen LogP contribution in [0.1, 0.15) is 31.2 Å². The summed E-state index contributed by atoms with van der Waals surface area (Å²) in [6, 6.07) is 14.7. The van der Waals surface area contributed by atoms with Crippen LogP contribution in [0.25, 0.3) is 55.7 Å². The first-order chi connectivity index (χ1) is 19.2. The number of hydrogen-bond donors (Lipinski definition) is 3. The zero-order valence-corrected chi connectivity index (χ0v) is 21.4. The number of nitrogens with one attached hydrogen (secondary N) is 3. The number of fused-ring (bicyclic) bond motifs is 2. The zero-order valence-electron chi connectivity index (χ0n) is 21.4. The number of aromatic nitrogens is 6. The minimum atomic E-state index is -0.257. The van der Waals surface area contributed by atoms with Crippen molar-refractivity contribution in [2.75, 3.05) is 6.54 Å². The summed E-state index contributed by atoms with van der Waals surface area (Å²) in [5.74, 6) is 0.545. The van der Waals surface area contributed by atoms with Gasteiger partial charge in [-0.15, -0.1) is 0 Å². The van der Waals surface area contributed by atoms with Crippen LogP contribution in [0.15, 0.2) is 73.3 Å². The fourth-order valence-electron chi connectivity index (χ4n) is 5.68. The van der Waals surface area contributed by atoms with Gasteiger partial charge in [-0.1, -0.05) is 25.0 Å². The largest absolute Gasteiger partial charge is 0.338 e. The summed E-state index contributed by atoms with van der Waals surface area (Å²) in [5, 5.41) is 13.2. The molecule has 0 spiro atoms. The summed E-state index contributed by atoms with van der Waals surface area (Å²) >= 11 is 0. The van der Waals surface area contributed by atoms with Crippen LogP contribution in [0.2, 0.25) is 0 Å². The van der Waals surface area contributed by atoms with E-state index in [0.29, 0.717) is 0 Å². The molecule has 194 valence electrons. The van der Waals surface area contributed by atoms with Gasteiger partial charge in [-0.2, -0.15) is 5.10 Å². The van der Waals surface area contributed by atoms with Crippen molar-refractivity contribution in [3.8, 4) is 33.8 Å². The first-order valence-corrected chi connectivity index (χ1v) is 13.4. The quantitative estimate of drug-likeness (QED) is 0.220. The van der Waals surface area contributed by atoms with Crippen molar-refractivity contribution in [2.24, 2.45) is 5.92 Å². The van der Waals surface area contributed by atoms with E-state index in [2.05, 4.69) is 53.6 Å². The average molecular weight is 518 g/mol. The third-order valence-corrected chi connectivity index (χ3v) is 7.72. The van der Waals surface area contributed by atoms with Gasteiger partial charge in [-0.25, -0.2) is 9.37 Å². The Morgan fingerprint density at radius 2 is 1.77 bits per heavy atom. The molecule has 0 unspecified atom stereocenters. The van der Waals surface area contributed by atoms with Crippen molar-refractivity contribution in [1.29, 1.82) is 0 Å². The van der Waals surface area contributed by atoms with Gasteiger partial charge < -0.3 is 10.3 Å². The van der Waals surface area contributed by atoms with E-state index in [0.717, 1.165) is 80.3 Å². The van der Waals surface area contributed by atoms with E-state index in [1.54, 1.807) is 18.3 Å². The molecule has 5 heterocycles. The summed E-state index contributed by atoms with van der Waals surface area (Å²) in [6.07, 6.45) is 12.7. The lowest BCUT2D eigenvalue weighted by Crippen LogP contribution is -2.20. The van der Waals surface area contributed by atoms with Crippen LogP contribution in [-0.2, 0) is 6.54 Å². The maximum atomic E-state index is 13.5. The molecule has 0 aliphatic heterocycles. The third kappa shape index (κ3) is 4.68. The Kier molecular flexibility index (Phi) is 6.09. The van der Waals surface area contributed by atoms with Gasteiger partial charge in [0.1, 0.15) is 17.2 Å².